The van der Waals surface area contributed by atoms with Crippen LogP contribution >= 0.6 is 0 Å². The molecule has 1 aliphatic heterocycles. The van der Waals surface area contributed by atoms with Gasteiger partial charge in [0.15, 0.2) is 0 Å². The third-order valence-corrected chi connectivity index (χ3v) is 6.73. The van der Waals surface area contributed by atoms with Gasteiger partial charge in [0, 0.05) is 41.0 Å². The lowest BCUT2D eigenvalue weighted by Crippen LogP contribution is -2.20. The average Bonchev–Trinajstić information content (AvgIpc) is 3.66. The minimum atomic E-state index is -0.346. The van der Waals surface area contributed by atoms with E-state index in [1.165, 1.54) is 0 Å². The van der Waals surface area contributed by atoms with Crippen molar-refractivity contribution in [2.75, 3.05) is 4.90 Å². The molecule has 5 aromatic rings. The van der Waals surface area contributed by atoms with E-state index in [4.69, 9.17) is 14.4 Å². The number of pyridine rings is 1. The molecule has 0 bridgehead atoms. The highest BCUT2D eigenvalue weighted by Crippen LogP contribution is 2.37. The first-order chi connectivity index (χ1) is 18.1. The zero-order valence-corrected chi connectivity index (χ0v) is 21.0. The Kier molecular flexibility index (Phi) is 5.81. The fourth-order valence-corrected chi connectivity index (χ4v) is 4.57. The fourth-order valence-electron chi connectivity index (χ4n) is 4.57. The quantitative estimate of drug-likeness (QED) is 0.268. The molecule has 4 heterocycles. The van der Waals surface area contributed by atoms with E-state index in [-0.39, 0.29) is 6.23 Å². The van der Waals surface area contributed by atoms with Crippen LogP contribution in [0.5, 0.6) is 0 Å². The molecule has 0 saturated heterocycles. The number of rotatable bonds is 6. The number of hydrogen-bond acceptors (Lipinski definition) is 6. The summed E-state index contributed by atoms with van der Waals surface area (Å²) < 4.78 is 13.6. The topological polar surface area (TPSA) is 69.2 Å². The van der Waals surface area contributed by atoms with Gasteiger partial charge in [0.25, 0.3) is 0 Å². The summed E-state index contributed by atoms with van der Waals surface area (Å²) >= 11 is 0. The molecule has 7 nitrogen and oxygen atoms in total. The SMILES string of the molecule is Cc1ccc(-c2ccn(Cc3cc(C4OC=CN4c4onc(C)c4C)ccc3-c3ccccc3)n2)cn1. The summed E-state index contributed by atoms with van der Waals surface area (Å²) in [6.07, 6.45) is 7.11. The molecule has 1 atom stereocenters. The minimum absolute atomic E-state index is 0.346. The van der Waals surface area contributed by atoms with Crippen LogP contribution in [0.2, 0.25) is 0 Å². The highest BCUT2D eigenvalue weighted by atomic mass is 16.5. The van der Waals surface area contributed by atoms with Crippen molar-refractivity contribution in [1.29, 1.82) is 0 Å². The van der Waals surface area contributed by atoms with Crippen LogP contribution in [0.15, 0.2) is 96.1 Å². The standard InChI is InChI=1S/C30H27N5O2/c1-20-9-10-25(18-31-20)28-13-14-34(32-28)19-26-17-24(11-12-27(26)23-7-5-4-6-8-23)30-35(15-16-36-30)29-21(2)22(3)33-37-29/h4-18,30H,19H2,1-3H3. The molecule has 0 aliphatic carbocycles. The number of nitrogens with zero attached hydrogens (tertiary/aromatic N) is 5. The van der Waals surface area contributed by atoms with Crippen molar-refractivity contribution in [2.45, 2.75) is 33.5 Å². The smallest absolute Gasteiger partial charge is 0.237 e. The molecule has 1 aliphatic rings. The Hall–Kier alpha value is -4.65. The first-order valence-corrected chi connectivity index (χ1v) is 12.2. The van der Waals surface area contributed by atoms with Crippen LogP contribution in [0, 0.1) is 20.8 Å². The number of aryl methyl sites for hydroxylation is 2. The lowest BCUT2D eigenvalue weighted by molar-refractivity contribution is 0.169. The Morgan fingerprint density at radius 3 is 2.54 bits per heavy atom. The Labute approximate surface area is 215 Å². The molecule has 3 aromatic heterocycles. The molecule has 0 fully saturated rings. The summed E-state index contributed by atoms with van der Waals surface area (Å²) in [5, 5.41) is 8.97. The van der Waals surface area contributed by atoms with E-state index in [1.54, 1.807) is 6.26 Å². The molecule has 7 heteroatoms. The number of anilines is 1. The van der Waals surface area contributed by atoms with Crippen molar-refractivity contribution in [3.8, 4) is 22.4 Å². The summed E-state index contributed by atoms with van der Waals surface area (Å²) in [5.74, 6) is 0.688. The molecular weight excluding hydrogens is 462 g/mol. The van der Waals surface area contributed by atoms with E-state index >= 15 is 0 Å². The second-order valence-electron chi connectivity index (χ2n) is 9.25. The zero-order valence-electron chi connectivity index (χ0n) is 21.0. The van der Waals surface area contributed by atoms with Gasteiger partial charge < -0.3 is 9.26 Å². The molecule has 0 radical (unpaired) electrons. The van der Waals surface area contributed by atoms with Crippen molar-refractivity contribution >= 4 is 5.88 Å². The van der Waals surface area contributed by atoms with Gasteiger partial charge in [-0.25, -0.2) is 0 Å². The molecule has 0 spiro atoms. The van der Waals surface area contributed by atoms with E-state index in [0.717, 1.165) is 50.5 Å². The van der Waals surface area contributed by atoms with Crippen molar-refractivity contribution in [3.63, 3.8) is 0 Å². The van der Waals surface area contributed by atoms with E-state index in [1.807, 2.05) is 67.1 Å². The lowest BCUT2D eigenvalue weighted by Gasteiger charge is -2.23. The predicted octanol–water partition coefficient (Wildman–Crippen LogP) is 6.58. The van der Waals surface area contributed by atoms with Crippen molar-refractivity contribution in [1.82, 2.24) is 19.9 Å². The van der Waals surface area contributed by atoms with E-state index in [0.29, 0.717) is 12.4 Å². The molecule has 184 valence electrons. The monoisotopic (exact) mass is 489 g/mol. The van der Waals surface area contributed by atoms with Gasteiger partial charge >= 0.3 is 0 Å². The predicted molar refractivity (Wildman–Crippen MR) is 143 cm³/mol. The van der Waals surface area contributed by atoms with Crippen LogP contribution < -0.4 is 4.90 Å². The third kappa shape index (κ3) is 4.40. The van der Waals surface area contributed by atoms with Gasteiger partial charge in [-0.1, -0.05) is 47.6 Å². The first-order valence-electron chi connectivity index (χ1n) is 12.2. The van der Waals surface area contributed by atoms with Crippen molar-refractivity contribution < 1.29 is 9.26 Å². The summed E-state index contributed by atoms with van der Waals surface area (Å²) in [6.45, 7) is 6.54. The summed E-state index contributed by atoms with van der Waals surface area (Å²) in [5.41, 5.74) is 9.22. The van der Waals surface area contributed by atoms with E-state index in [9.17, 15) is 0 Å². The summed E-state index contributed by atoms with van der Waals surface area (Å²) in [4.78, 5) is 6.39. The van der Waals surface area contributed by atoms with E-state index in [2.05, 4.69) is 58.7 Å². The van der Waals surface area contributed by atoms with Crippen LogP contribution in [-0.4, -0.2) is 19.9 Å². The van der Waals surface area contributed by atoms with Crippen molar-refractivity contribution in [2.24, 2.45) is 0 Å². The van der Waals surface area contributed by atoms with Gasteiger partial charge in [-0.2, -0.15) is 5.10 Å². The maximum atomic E-state index is 6.02. The Morgan fingerprint density at radius 2 is 1.78 bits per heavy atom. The molecular formula is C30H27N5O2. The van der Waals surface area contributed by atoms with Gasteiger partial charge in [0.1, 0.15) is 6.26 Å². The van der Waals surface area contributed by atoms with E-state index < -0.39 is 0 Å². The maximum Gasteiger partial charge on any atom is 0.237 e. The number of hydrogen-bond donors (Lipinski definition) is 0. The highest BCUT2D eigenvalue weighted by Gasteiger charge is 2.29. The van der Waals surface area contributed by atoms with Gasteiger partial charge in [0.2, 0.25) is 12.1 Å². The molecule has 0 amide bonds. The van der Waals surface area contributed by atoms with Crippen LogP contribution in [0.1, 0.15) is 34.3 Å². The molecule has 37 heavy (non-hydrogen) atoms. The van der Waals surface area contributed by atoms with Crippen molar-refractivity contribution in [3.05, 3.63) is 120 Å². The van der Waals surface area contributed by atoms with Crippen LogP contribution in [-0.2, 0) is 11.3 Å². The molecule has 2 aromatic carbocycles. The normalized spacial score (nSPS) is 14.8. The summed E-state index contributed by atoms with van der Waals surface area (Å²) in [6, 6.07) is 23.0. The van der Waals surface area contributed by atoms with Gasteiger partial charge in [0.05, 0.1) is 17.9 Å². The Bertz CT molecular complexity index is 1570. The number of ether oxygens (including phenoxy) is 1. The number of aromatic nitrogens is 4. The van der Waals surface area contributed by atoms with Crippen LogP contribution in [0.25, 0.3) is 22.4 Å². The second kappa shape index (κ2) is 9.43. The average molecular weight is 490 g/mol. The minimum Gasteiger partial charge on any atom is -0.472 e. The first kappa shape index (κ1) is 22.8. The van der Waals surface area contributed by atoms with Crippen LogP contribution in [0.3, 0.4) is 0 Å². The molecule has 6 rings (SSSR count). The third-order valence-electron chi connectivity index (χ3n) is 6.73. The van der Waals surface area contributed by atoms with Gasteiger partial charge in [-0.15, -0.1) is 0 Å². The highest BCUT2D eigenvalue weighted by molar-refractivity contribution is 5.68. The van der Waals surface area contributed by atoms with Gasteiger partial charge in [-0.05, 0) is 61.7 Å². The summed E-state index contributed by atoms with van der Waals surface area (Å²) in [7, 11) is 0. The largest absolute Gasteiger partial charge is 0.472 e. The fraction of sp³-hybridized carbons (Fsp3) is 0.167. The van der Waals surface area contributed by atoms with Gasteiger partial charge in [-0.3, -0.25) is 14.6 Å². The molecule has 0 N–H and O–H groups in total. The molecule has 0 saturated carbocycles. The second-order valence-corrected chi connectivity index (χ2v) is 9.25. The molecule has 1 unspecified atom stereocenters. The van der Waals surface area contributed by atoms with Crippen LogP contribution in [0.4, 0.5) is 5.88 Å². The number of benzene rings is 2. The lowest BCUT2D eigenvalue weighted by atomic mass is 9.96. The Balaban J connectivity index is 1.36. The zero-order chi connectivity index (χ0) is 25.4. The maximum absolute atomic E-state index is 6.02. The Morgan fingerprint density at radius 1 is 0.919 bits per heavy atom.